The third-order valence-electron chi connectivity index (χ3n) is 3.89. The van der Waals surface area contributed by atoms with Gasteiger partial charge in [0.1, 0.15) is 0 Å². The van der Waals surface area contributed by atoms with Gasteiger partial charge in [0, 0.05) is 36.7 Å². The minimum Gasteiger partial charge on any atom is -0.345 e. The number of benzene rings is 1. The first-order valence-corrected chi connectivity index (χ1v) is 7.19. The molecule has 5 heteroatoms. The van der Waals surface area contributed by atoms with E-state index >= 15 is 0 Å². The van der Waals surface area contributed by atoms with Crippen molar-refractivity contribution < 1.29 is 9.59 Å². The van der Waals surface area contributed by atoms with Crippen molar-refractivity contribution in [3.63, 3.8) is 0 Å². The zero-order valence-corrected chi connectivity index (χ0v) is 12.3. The molecule has 0 saturated carbocycles. The van der Waals surface area contributed by atoms with Crippen LogP contribution < -0.4 is 4.90 Å². The van der Waals surface area contributed by atoms with Gasteiger partial charge in [-0.1, -0.05) is 15.9 Å². The summed E-state index contributed by atoms with van der Waals surface area (Å²) in [6.07, 6.45) is 1.23. The van der Waals surface area contributed by atoms with Crippen LogP contribution in [0, 0.1) is 5.92 Å². The number of hydrogen-bond donors (Lipinski definition) is 0. The first kappa shape index (κ1) is 12.7. The first-order valence-electron chi connectivity index (χ1n) is 6.40. The molecule has 0 unspecified atom stereocenters. The van der Waals surface area contributed by atoms with Crippen LogP contribution in [0.3, 0.4) is 0 Å². The number of rotatable bonds is 1. The molecule has 0 N–H and O–H groups in total. The van der Waals surface area contributed by atoms with Crippen LogP contribution in [0.1, 0.15) is 12.0 Å². The van der Waals surface area contributed by atoms with Crippen LogP contribution >= 0.6 is 15.9 Å². The molecule has 1 aromatic carbocycles. The van der Waals surface area contributed by atoms with Crippen molar-refractivity contribution in [2.45, 2.75) is 12.8 Å². The van der Waals surface area contributed by atoms with Gasteiger partial charge in [-0.15, -0.1) is 0 Å². The number of fused-ring (bicyclic) bond motifs is 1. The lowest BCUT2D eigenvalue weighted by molar-refractivity contribution is -0.127. The summed E-state index contributed by atoms with van der Waals surface area (Å²) in [5.41, 5.74) is 2.19. The van der Waals surface area contributed by atoms with Crippen molar-refractivity contribution in [2.24, 2.45) is 5.92 Å². The van der Waals surface area contributed by atoms with Gasteiger partial charge in [-0.2, -0.15) is 0 Å². The van der Waals surface area contributed by atoms with Gasteiger partial charge in [0.2, 0.25) is 11.8 Å². The molecule has 2 aliphatic rings. The average Bonchev–Trinajstić information content (AvgIpc) is 2.93. The molecule has 2 aliphatic heterocycles. The van der Waals surface area contributed by atoms with E-state index in [0.29, 0.717) is 13.0 Å². The van der Waals surface area contributed by atoms with E-state index in [0.717, 1.165) is 23.1 Å². The van der Waals surface area contributed by atoms with Gasteiger partial charge >= 0.3 is 0 Å². The van der Waals surface area contributed by atoms with E-state index in [1.807, 2.05) is 17.0 Å². The SMILES string of the molecule is CN1C[C@@H](C(=O)N2CCc3cc(Br)ccc32)CC1=O. The smallest absolute Gasteiger partial charge is 0.232 e. The Morgan fingerprint density at radius 1 is 1.42 bits per heavy atom. The van der Waals surface area contributed by atoms with E-state index in [1.165, 1.54) is 5.56 Å². The summed E-state index contributed by atoms with van der Waals surface area (Å²) in [5, 5.41) is 0. The molecule has 0 spiro atoms. The molecular formula is C14H15BrN2O2. The summed E-state index contributed by atoms with van der Waals surface area (Å²) < 4.78 is 1.04. The summed E-state index contributed by atoms with van der Waals surface area (Å²) in [7, 11) is 1.75. The fourth-order valence-electron chi connectivity index (χ4n) is 2.85. The third kappa shape index (κ3) is 2.16. The number of amides is 2. The van der Waals surface area contributed by atoms with Crippen molar-refractivity contribution in [3.8, 4) is 0 Å². The predicted molar refractivity (Wildman–Crippen MR) is 75.9 cm³/mol. The molecule has 100 valence electrons. The number of hydrogen-bond acceptors (Lipinski definition) is 2. The van der Waals surface area contributed by atoms with E-state index in [2.05, 4.69) is 22.0 Å². The Morgan fingerprint density at radius 2 is 2.21 bits per heavy atom. The van der Waals surface area contributed by atoms with Gasteiger partial charge in [0.05, 0.1) is 5.92 Å². The second-order valence-electron chi connectivity index (χ2n) is 5.19. The van der Waals surface area contributed by atoms with Crippen LogP contribution in [-0.2, 0) is 16.0 Å². The highest BCUT2D eigenvalue weighted by Crippen LogP contribution is 2.32. The molecule has 0 bridgehead atoms. The molecular weight excluding hydrogens is 308 g/mol. The summed E-state index contributed by atoms with van der Waals surface area (Å²) in [4.78, 5) is 27.5. The van der Waals surface area contributed by atoms with Crippen molar-refractivity contribution in [2.75, 3.05) is 25.0 Å². The first-order chi connectivity index (χ1) is 9.06. The summed E-state index contributed by atoms with van der Waals surface area (Å²) in [5.74, 6) is -0.0422. The molecule has 2 heterocycles. The van der Waals surface area contributed by atoms with E-state index in [-0.39, 0.29) is 17.7 Å². The van der Waals surface area contributed by atoms with E-state index < -0.39 is 0 Å². The topological polar surface area (TPSA) is 40.6 Å². The number of carbonyl (C=O) groups excluding carboxylic acids is 2. The lowest BCUT2D eigenvalue weighted by atomic mass is 10.1. The Morgan fingerprint density at radius 3 is 2.89 bits per heavy atom. The van der Waals surface area contributed by atoms with E-state index in [4.69, 9.17) is 0 Å². The predicted octanol–water partition coefficient (Wildman–Crippen LogP) is 1.82. The van der Waals surface area contributed by atoms with Crippen molar-refractivity contribution in [3.05, 3.63) is 28.2 Å². The molecule has 1 fully saturated rings. The maximum absolute atomic E-state index is 12.5. The monoisotopic (exact) mass is 322 g/mol. The van der Waals surface area contributed by atoms with Crippen LogP contribution in [0.25, 0.3) is 0 Å². The Bertz CT molecular complexity index is 558. The highest BCUT2D eigenvalue weighted by Gasteiger charge is 2.37. The molecule has 1 atom stereocenters. The summed E-state index contributed by atoms with van der Waals surface area (Å²) in [6, 6.07) is 6.00. The number of halogens is 1. The minimum absolute atomic E-state index is 0.0635. The van der Waals surface area contributed by atoms with Gasteiger partial charge in [0.25, 0.3) is 0 Å². The van der Waals surface area contributed by atoms with Crippen molar-refractivity contribution >= 4 is 33.4 Å². The van der Waals surface area contributed by atoms with Crippen LogP contribution in [0.4, 0.5) is 5.69 Å². The molecule has 0 radical (unpaired) electrons. The Hall–Kier alpha value is -1.36. The minimum atomic E-state index is -0.188. The quantitative estimate of drug-likeness (QED) is 0.791. The van der Waals surface area contributed by atoms with Crippen molar-refractivity contribution in [1.82, 2.24) is 4.90 Å². The normalized spacial score (nSPS) is 22.0. The average molecular weight is 323 g/mol. The van der Waals surface area contributed by atoms with Gasteiger partial charge in [-0.25, -0.2) is 0 Å². The lowest BCUT2D eigenvalue weighted by Crippen LogP contribution is -2.35. The van der Waals surface area contributed by atoms with Gasteiger partial charge < -0.3 is 9.80 Å². The molecule has 4 nitrogen and oxygen atoms in total. The summed E-state index contributed by atoms with van der Waals surface area (Å²) >= 11 is 3.45. The molecule has 1 saturated heterocycles. The largest absolute Gasteiger partial charge is 0.345 e. The molecule has 3 rings (SSSR count). The number of anilines is 1. The standard InChI is InChI=1S/C14H15BrN2O2/c1-16-8-10(7-13(16)18)14(19)17-5-4-9-6-11(15)2-3-12(9)17/h2-3,6,10H,4-5,7-8H2,1H3/t10-/m0/s1. The van der Waals surface area contributed by atoms with Gasteiger partial charge in [-0.05, 0) is 30.2 Å². The van der Waals surface area contributed by atoms with E-state index in [1.54, 1.807) is 11.9 Å². The van der Waals surface area contributed by atoms with Crippen LogP contribution in [0.5, 0.6) is 0 Å². The van der Waals surface area contributed by atoms with Crippen LogP contribution in [0.2, 0.25) is 0 Å². The van der Waals surface area contributed by atoms with Crippen LogP contribution in [-0.4, -0.2) is 36.9 Å². The highest BCUT2D eigenvalue weighted by molar-refractivity contribution is 9.10. The fraction of sp³-hybridized carbons (Fsp3) is 0.429. The molecule has 0 aliphatic carbocycles. The van der Waals surface area contributed by atoms with E-state index in [9.17, 15) is 9.59 Å². The number of nitrogens with zero attached hydrogens (tertiary/aromatic N) is 2. The third-order valence-corrected chi connectivity index (χ3v) is 4.39. The maximum atomic E-state index is 12.5. The Labute approximate surface area is 120 Å². The molecule has 19 heavy (non-hydrogen) atoms. The summed E-state index contributed by atoms with van der Waals surface area (Å²) in [6.45, 7) is 1.26. The highest BCUT2D eigenvalue weighted by atomic mass is 79.9. The second kappa shape index (κ2) is 4.63. The molecule has 2 amide bonds. The van der Waals surface area contributed by atoms with Gasteiger partial charge in [-0.3, -0.25) is 9.59 Å². The van der Waals surface area contributed by atoms with Crippen LogP contribution in [0.15, 0.2) is 22.7 Å². The number of likely N-dealkylation sites (tertiary alicyclic amines) is 1. The Balaban J connectivity index is 1.82. The molecule has 1 aromatic rings. The number of carbonyl (C=O) groups is 2. The van der Waals surface area contributed by atoms with Crippen molar-refractivity contribution in [1.29, 1.82) is 0 Å². The zero-order chi connectivity index (χ0) is 13.6. The second-order valence-corrected chi connectivity index (χ2v) is 6.10. The zero-order valence-electron chi connectivity index (χ0n) is 10.7. The molecule has 0 aromatic heterocycles. The fourth-order valence-corrected chi connectivity index (χ4v) is 3.26. The lowest BCUT2D eigenvalue weighted by Gasteiger charge is -2.21. The van der Waals surface area contributed by atoms with Gasteiger partial charge in [0.15, 0.2) is 0 Å². The maximum Gasteiger partial charge on any atom is 0.232 e. The Kier molecular flexibility index (Phi) is 3.09.